The topological polar surface area (TPSA) is 64.1 Å². The van der Waals surface area contributed by atoms with Gasteiger partial charge in [-0.3, -0.25) is 4.79 Å². The number of carbonyl (C=O) groups is 1. The van der Waals surface area contributed by atoms with Crippen molar-refractivity contribution in [1.29, 1.82) is 0 Å². The molecule has 1 unspecified atom stereocenters. The van der Waals surface area contributed by atoms with Crippen molar-refractivity contribution in [3.63, 3.8) is 0 Å². The van der Waals surface area contributed by atoms with Crippen molar-refractivity contribution in [3.05, 3.63) is 64.7 Å². The van der Waals surface area contributed by atoms with Crippen molar-refractivity contribution in [2.24, 2.45) is 0 Å². The molecular weight excluding hydrogens is 458 g/mol. The summed E-state index contributed by atoms with van der Waals surface area (Å²) in [5.74, 6) is 2.03. The molecule has 1 aromatic heterocycles. The molecule has 1 aliphatic rings. The van der Waals surface area contributed by atoms with E-state index in [-0.39, 0.29) is 11.9 Å². The first kappa shape index (κ1) is 23.1. The Morgan fingerprint density at radius 1 is 1.06 bits per heavy atom. The normalized spacial score (nSPS) is 13.9. The molecule has 1 atom stereocenters. The van der Waals surface area contributed by atoms with Crippen LogP contribution >= 0.6 is 34.9 Å². The Balaban J connectivity index is 1.23. The quantitative estimate of drug-likeness (QED) is 0.393. The van der Waals surface area contributed by atoms with Crippen LogP contribution in [0.25, 0.3) is 0 Å². The number of nitrogens with one attached hydrogen (secondary N) is 1. The monoisotopic (exact) mass is 485 g/mol. The zero-order valence-electron chi connectivity index (χ0n) is 18.3. The smallest absolute Gasteiger partial charge is 0.230 e. The molecule has 1 N–H and O–H groups in total. The van der Waals surface area contributed by atoms with Gasteiger partial charge in [0.25, 0.3) is 0 Å². The average molecular weight is 486 g/mol. The summed E-state index contributed by atoms with van der Waals surface area (Å²) in [6.07, 6.45) is 4.87. The fourth-order valence-corrected chi connectivity index (χ4v) is 6.48. The fourth-order valence-electron chi connectivity index (χ4n) is 3.70. The van der Waals surface area contributed by atoms with E-state index in [0.717, 1.165) is 26.6 Å². The molecule has 3 aromatic rings. The van der Waals surface area contributed by atoms with Crippen molar-refractivity contribution < 1.29 is 9.53 Å². The van der Waals surface area contributed by atoms with Gasteiger partial charge in [0.05, 0.1) is 18.9 Å². The van der Waals surface area contributed by atoms with Crippen molar-refractivity contribution in [1.82, 2.24) is 15.5 Å². The predicted octanol–water partition coefficient (Wildman–Crippen LogP) is 5.69. The van der Waals surface area contributed by atoms with Crippen LogP contribution in [-0.2, 0) is 23.4 Å². The molecule has 1 heterocycles. The lowest BCUT2D eigenvalue weighted by molar-refractivity contribution is -0.119. The molecule has 0 aliphatic heterocycles. The maximum atomic E-state index is 12.5. The largest absolute Gasteiger partial charge is 0.497 e. The standard InChI is InChI=1S/C24H27N3O2S3/c1-16(19-10-9-18-5-3-4-6-20(18)13-19)25-22(28)15-31-24-27-26-23(32-24)30-14-17-7-11-21(29-2)12-8-17/h7-13,16H,3-6,14-15H2,1-2H3,(H,25,28). The number of ether oxygens (including phenoxy) is 1. The van der Waals surface area contributed by atoms with Gasteiger partial charge in [-0.05, 0) is 67.0 Å². The number of benzene rings is 2. The highest BCUT2D eigenvalue weighted by atomic mass is 32.2. The number of nitrogens with zero attached hydrogens (tertiary/aromatic N) is 2. The van der Waals surface area contributed by atoms with Crippen LogP contribution in [0.15, 0.2) is 51.1 Å². The van der Waals surface area contributed by atoms with Crippen molar-refractivity contribution in [2.45, 2.75) is 53.1 Å². The first-order valence-electron chi connectivity index (χ1n) is 10.7. The highest BCUT2D eigenvalue weighted by Crippen LogP contribution is 2.31. The SMILES string of the molecule is COc1ccc(CSc2nnc(SCC(=O)NC(C)c3ccc4c(c3)CCCC4)s2)cc1. The fraction of sp³-hybridized carbons (Fsp3) is 0.375. The van der Waals surface area contributed by atoms with Gasteiger partial charge in [-0.15, -0.1) is 10.2 Å². The molecule has 1 amide bonds. The molecule has 168 valence electrons. The minimum Gasteiger partial charge on any atom is -0.497 e. The second-order valence-corrected chi connectivity index (χ2v) is 11.2. The Bertz CT molecular complexity index is 1050. The number of rotatable bonds is 9. The van der Waals surface area contributed by atoms with Crippen LogP contribution < -0.4 is 10.1 Å². The lowest BCUT2D eigenvalue weighted by Gasteiger charge is -2.20. The summed E-state index contributed by atoms with van der Waals surface area (Å²) < 4.78 is 6.92. The van der Waals surface area contributed by atoms with Crippen molar-refractivity contribution in [3.8, 4) is 5.75 Å². The molecule has 32 heavy (non-hydrogen) atoms. The predicted molar refractivity (Wildman–Crippen MR) is 133 cm³/mol. The number of aromatic nitrogens is 2. The van der Waals surface area contributed by atoms with Crippen LogP contribution in [-0.4, -0.2) is 29.0 Å². The average Bonchev–Trinajstić information content (AvgIpc) is 3.29. The molecule has 0 fully saturated rings. The van der Waals surface area contributed by atoms with Gasteiger partial charge >= 0.3 is 0 Å². The van der Waals surface area contributed by atoms with Crippen molar-refractivity contribution >= 4 is 40.8 Å². The van der Waals surface area contributed by atoms with Gasteiger partial charge < -0.3 is 10.1 Å². The Labute approximate surface area is 201 Å². The van der Waals surface area contributed by atoms with Gasteiger partial charge in [0.15, 0.2) is 8.68 Å². The number of hydrogen-bond donors (Lipinski definition) is 1. The maximum Gasteiger partial charge on any atom is 0.230 e. The number of carbonyl (C=O) groups excluding carboxylic acids is 1. The highest BCUT2D eigenvalue weighted by Gasteiger charge is 2.15. The van der Waals surface area contributed by atoms with E-state index in [0.29, 0.717) is 5.75 Å². The van der Waals surface area contributed by atoms with Crippen LogP contribution in [0.2, 0.25) is 0 Å². The second-order valence-electron chi connectivity index (χ2n) is 7.78. The highest BCUT2D eigenvalue weighted by molar-refractivity contribution is 8.03. The molecule has 0 saturated carbocycles. The molecule has 0 saturated heterocycles. The van der Waals surface area contributed by atoms with Crippen LogP contribution in [0.4, 0.5) is 0 Å². The molecule has 8 heteroatoms. The van der Waals surface area contributed by atoms with Gasteiger partial charge in [-0.25, -0.2) is 0 Å². The van der Waals surface area contributed by atoms with Gasteiger partial charge in [0.1, 0.15) is 5.75 Å². The third-order valence-electron chi connectivity index (χ3n) is 5.49. The molecule has 4 rings (SSSR count). The van der Waals surface area contributed by atoms with Crippen LogP contribution in [0.5, 0.6) is 5.75 Å². The second kappa shape index (κ2) is 11.2. The number of fused-ring (bicyclic) bond motifs is 1. The number of aryl methyl sites for hydroxylation is 2. The van der Waals surface area contributed by atoms with Crippen LogP contribution in [0.1, 0.15) is 48.1 Å². The van der Waals surface area contributed by atoms with E-state index in [2.05, 4.69) is 45.8 Å². The molecule has 1 aliphatic carbocycles. The summed E-state index contributed by atoms with van der Waals surface area (Å²) in [5, 5.41) is 11.6. The molecule has 0 bridgehead atoms. The van der Waals surface area contributed by atoms with Gasteiger partial charge in [0.2, 0.25) is 5.91 Å². The van der Waals surface area contributed by atoms with E-state index < -0.39 is 0 Å². The van der Waals surface area contributed by atoms with Gasteiger partial charge in [-0.1, -0.05) is 65.2 Å². The Morgan fingerprint density at radius 3 is 2.53 bits per heavy atom. The number of hydrogen-bond acceptors (Lipinski definition) is 7. The Hall–Kier alpha value is -2.03. The molecule has 5 nitrogen and oxygen atoms in total. The maximum absolute atomic E-state index is 12.5. The molecule has 0 spiro atoms. The zero-order valence-corrected chi connectivity index (χ0v) is 20.7. The summed E-state index contributed by atoms with van der Waals surface area (Å²) >= 11 is 4.62. The summed E-state index contributed by atoms with van der Waals surface area (Å²) in [5.41, 5.74) is 5.29. The number of methoxy groups -OCH3 is 1. The lowest BCUT2D eigenvalue weighted by atomic mass is 9.89. The number of amides is 1. The van der Waals surface area contributed by atoms with E-state index in [1.165, 1.54) is 64.6 Å². The van der Waals surface area contributed by atoms with E-state index in [1.54, 1.807) is 18.9 Å². The van der Waals surface area contributed by atoms with Crippen molar-refractivity contribution in [2.75, 3.05) is 12.9 Å². The van der Waals surface area contributed by atoms with Gasteiger partial charge in [0, 0.05) is 5.75 Å². The molecule has 0 radical (unpaired) electrons. The minimum atomic E-state index is 0.000333. The van der Waals surface area contributed by atoms with Crippen LogP contribution in [0.3, 0.4) is 0 Å². The minimum absolute atomic E-state index is 0.000333. The van der Waals surface area contributed by atoms with E-state index in [9.17, 15) is 4.79 Å². The first-order valence-corrected chi connectivity index (χ1v) is 13.5. The Morgan fingerprint density at radius 2 is 1.78 bits per heavy atom. The molecule has 2 aromatic carbocycles. The zero-order chi connectivity index (χ0) is 22.3. The first-order chi connectivity index (χ1) is 15.6. The van der Waals surface area contributed by atoms with Gasteiger partial charge in [-0.2, -0.15) is 0 Å². The third-order valence-corrected chi connectivity index (χ3v) is 8.75. The third kappa shape index (κ3) is 6.27. The van der Waals surface area contributed by atoms with Crippen LogP contribution in [0, 0.1) is 0 Å². The molecular formula is C24H27N3O2S3. The summed E-state index contributed by atoms with van der Waals surface area (Å²) in [7, 11) is 1.67. The Kier molecular flexibility index (Phi) is 8.10. The summed E-state index contributed by atoms with van der Waals surface area (Å²) in [4.78, 5) is 12.5. The van der Waals surface area contributed by atoms with E-state index in [1.807, 2.05) is 19.1 Å². The van der Waals surface area contributed by atoms with E-state index >= 15 is 0 Å². The van der Waals surface area contributed by atoms with E-state index in [4.69, 9.17) is 4.74 Å². The lowest BCUT2D eigenvalue weighted by Crippen LogP contribution is -2.28. The summed E-state index contributed by atoms with van der Waals surface area (Å²) in [6.45, 7) is 2.05. The summed E-state index contributed by atoms with van der Waals surface area (Å²) in [6, 6.07) is 14.7. The number of thioether (sulfide) groups is 2.